The molecule has 1 saturated carbocycles. The van der Waals surface area contributed by atoms with E-state index >= 15 is 0 Å². The number of nitrogen functional groups attached to an aromatic ring is 1. The molecule has 4 rings (SSSR count). The molecule has 0 amide bonds. The molecule has 7 heteroatoms. The van der Waals surface area contributed by atoms with Crippen molar-refractivity contribution < 1.29 is 0 Å². The second-order valence-corrected chi connectivity index (χ2v) is 7.56. The van der Waals surface area contributed by atoms with Gasteiger partial charge in [-0.15, -0.1) is 0 Å². The summed E-state index contributed by atoms with van der Waals surface area (Å²) in [6.07, 6.45) is 11.4. The van der Waals surface area contributed by atoms with Crippen molar-refractivity contribution in [2.45, 2.75) is 65.0 Å². The Morgan fingerprint density at radius 2 is 1.96 bits per heavy atom. The first kappa shape index (κ1) is 17.7. The Labute approximate surface area is 159 Å². The highest BCUT2D eigenvalue weighted by atomic mass is 15.3. The smallest absolute Gasteiger partial charge is 0.151 e. The summed E-state index contributed by atoms with van der Waals surface area (Å²) < 4.78 is 1.93. The molecule has 0 atom stereocenters. The van der Waals surface area contributed by atoms with E-state index in [1.165, 1.54) is 25.7 Å². The Morgan fingerprint density at radius 1 is 1.19 bits per heavy atom. The molecule has 3 heterocycles. The molecular weight excluding hydrogens is 338 g/mol. The van der Waals surface area contributed by atoms with Crippen LogP contribution in [0, 0.1) is 0 Å². The zero-order chi connectivity index (χ0) is 19.0. The largest absolute Gasteiger partial charge is 0.382 e. The molecule has 1 aliphatic rings. The van der Waals surface area contributed by atoms with Gasteiger partial charge in [0, 0.05) is 35.6 Å². The van der Waals surface area contributed by atoms with Gasteiger partial charge in [-0.3, -0.25) is 4.68 Å². The minimum atomic E-state index is 0.295. The lowest BCUT2D eigenvalue weighted by molar-refractivity contribution is 0.532. The van der Waals surface area contributed by atoms with Crippen LogP contribution in [-0.2, 0) is 6.42 Å². The summed E-state index contributed by atoms with van der Waals surface area (Å²) >= 11 is 0. The maximum absolute atomic E-state index is 6.14. The fourth-order valence-corrected chi connectivity index (χ4v) is 3.69. The van der Waals surface area contributed by atoms with Crippen LogP contribution in [0.4, 0.5) is 11.6 Å². The van der Waals surface area contributed by atoms with E-state index in [1.54, 1.807) is 6.20 Å². The second kappa shape index (κ2) is 7.13. The van der Waals surface area contributed by atoms with E-state index in [-0.39, 0.29) is 0 Å². The zero-order valence-corrected chi connectivity index (χ0v) is 16.2. The number of fused-ring (bicyclic) bond motifs is 1. The third-order valence-corrected chi connectivity index (χ3v) is 5.27. The third kappa shape index (κ3) is 3.34. The molecule has 0 saturated heterocycles. The predicted octanol–water partition coefficient (Wildman–Crippen LogP) is 3.97. The lowest BCUT2D eigenvalue weighted by Crippen LogP contribution is -2.18. The summed E-state index contributed by atoms with van der Waals surface area (Å²) in [5.74, 6) is 1.29. The fraction of sp³-hybridized carbons (Fsp3) is 0.500. The van der Waals surface area contributed by atoms with Crippen LogP contribution < -0.4 is 11.1 Å². The zero-order valence-electron chi connectivity index (χ0n) is 16.2. The van der Waals surface area contributed by atoms with Gasteiger partial charge in [-0.2, -0.15) is 5.10 Å². The molecule has 3 aromatic rings. The number of nitrogens with zero attached hydrogens (tertiary/aromatic N) is 5. The number of hydrogen-bond acceptors (Lipinski definition) is 6. The topological polar surface area (TPSA) is 94.5 Å². The van der Waals surface area contributed by atoms with E-state index in [0.29, 0.717) is 23.4 Å². The summed E-state index contributed by atoms with van der Waals surface area (Å²) in [5.41, 5.74) is 10.4. The lowest BCUT2D eigenvalue weighted by atomic mass is 10.1. The van der Waals surface area contributed by atoms with E-state index in [4.69, 9.17) is 15.7 Å². The highest BCUT2D eigenvalue weighted by Crippen LogP contribution is 2.31. The lowest BCUT2D eigenvalue weighted by Gasteiger charge is -2.17. The summed E-state index contributed by atoms with van der Waals surface area (Å²) in [5, 5.41) is 8.07. The fourth-order valence-electron chi connectivity index (χ4n) is 3.69. The van der Waals surface area contributed by atoms with E-state index in [1.807, 2.05) is 17.1 Å². The molecule has 3 aromatic heterocycles. The van der Waals surface area contributed by atoms with Crippen molar-refractivity contribution in [3.05, 3.63) is 24.3 Å². The van der Waals surface area contributed by atoms with Crippen molar-refractivity contribution in [3.63, 3.8) is 0 Å². The Bertz CT molecular complexity index is 954. The van der Waals surface area contributed by atoms with Gasteiger partial charge in [-0.05, 0) is 33.1 Å². The van der Waals surface area contributed by atoms with E-state index in [2.05, 4.69) is 36.2 Å². The van der Waals surface area contributed by atoms with Gasteiger partial charge < -0.3 is 11.1 Å². The highest BCUT2D eigenvalue weighted by Gasteiger charge is 2.20. The van der Waals surface area contributed by atoms with Crippen LogP contribution in [0.1, 0.15) is 58.2 Å². The number of aromatic nitrogens is 5. The molecular formula is C20H27N7. The summed E-state index contributed by atoms with van der Waals surface area (Å²) in [7, 11) is 0. The number of anilines is 2. The van der Waals surface area contributed by atoms with Crippen LogP contribution in [0.25, 0.3) is 22.2 Å². The monoisotopic (exact) mass is 365 g/mol. The van der Waals surface area contributed by atoms with Crippen molar-refractivity contribution in [1.29, 1.82) is 0 Å². The van der Waals surface area contributed by atoms with Crippen LogP contribution >= 0.6 is 0 Å². The molecule has 0 unspecified atom stereocenters. The first-order valence-corrected chi connectivity index (χ1v) is 9.83. The number of nitrogens with two attached hydrogens (primary N) is 1. The number of pyridine rings is 1. The molecule has 142 valence electrons. The van der Waals surface area contributed by atoms with Gasteiger partial charge >= 0.3 is 0 Å². The van der Waals surface area contributed by atoms with Crippen molar-refractivity contribution >= 4 is 22.7 Å². The minimum absolute atomic E-state index is 0.295. The Kier molecular flexibility index (Phi) is 4.68. The van der Waals surface area contributed by atoms with Crippen LogP contribution in [0.5, 0.6) is 0 Å². The number of rotatable bonds is 5. The molecule has 0 spiro atoms. The number of nitrogens with one attached hydrogen (secondary N) is 1. The van der Waals surface area contributed by atoms with Crippen LogP contribution in [0.3, 0.4) is 0 Å². The molecule has 0 radical (unpaired) electrons. The first-order valence-electron chi connectivity index (χ1n) is 9.83. The molecule has 1 fully saturated rings. The quantitative estimate of drug-likeness (QED) is 0.710. The van der Waals surface area contributed by atoms with Gasteiger partial charge in [0.15, 0.2) is 5.82 Å². The maximum atomic E-state index is 6.14. The van der Waals surface area contributed by atoms with Crippen LogP contribution in [0.15, 0.2) is 18.6 Å². The molecule has 7 nitrogen and oxygen atoms in total. The maximum Gasteiger partial charge on any atom is 0.151 e. The van der Waals surface area contributed by atoms with Crippen molar-refractivity contribution in [3.8, 4) is 11.1 Å². The summed E-state index contributed by atoms with van der Waals surface area (Å²) in [4.78, 5) is 14.2. The first-order chi connectivity index (χ1) is 13.1. The SMILES string of the molecule is CCc1nc2c(N)ncc(-c3cnn(C(C)C)c3)c2nc1NC1CCCC1. The summed E-state index contributed by atoms with van der Waals surface area (Å²) in [6, 6.07) is 0.775. The van der Waals surface area contributed by atoms with E-state index < -0.39 is 0 Å². The van der Waals surface area contributed by atoms with Gasteiger partial charge in [0.2, 0.25) is 0 Å². The predicted molar refractivity (Wildman–Crippen MR) is 109 cm³/mol. The van der Waals surface area contributed by atoms with E-state index in [0.717, 1.165) is 34.6 Å². The molecule has 3 N–H and O–H groups in total. The molecule has 0 aromatic carbocycles. The van der Waals surface area contributed by atoms with Crippen LogP contribution in [0.2, 0.25) is 0 Å². The van der Waals surface area contributed by atoms with Gasteiger partial charge in [0.05, 0.1) is 11.9 Å². The highest BCUT2D eigenvalue weighted by molar-refractivity contribution is 5.96. The normalized spacial score (nSPS) is 15.1. The van der Waals surface area contributed by atoms with Crippen molar-refractivity contribution in [2.24, 2.45) is 0 Å². The van der Waals surface area contributed by atoms with Gasteiger partial charge in [-0.1, -0.05) is 19.8 Å². The van der Waals surface area contributed by atoms with Crippen LogP contribution in [-0.4, -0.2) is 30.8 Å². The second-order valence-electron chi connectivity index (χ2n) is 7.56. The Morgan fingerprint density at radius 3 is 2.63 bits per heavy atom. The van der Waals surface area contributed by atoms with Crippen molar-refractivity contribution in [2.75, 3.05) is 11.1 Å². The molecule has 0 bridgehead atoms. The Hall–Kier alpha value is -2.70. The Balaban J connectivity index is 1.84. The average molecular weight is 365 g/mol. The van der Waals surface area contributed by atoms with Gasteiger partial charge in [0.1, 0.15) is 16.9 Å². The standard InChI is InChI=1S/C20H27N7/c1-4-16-20(24-14-7-5-6-8-14)26-17-15(10-22-19(21)18(17)25-16)13-9-23-27(11-13)12(2)3/h9-12,14H,4-8H2,1-3H3,(H2,21,22)(H,24,26). The average Bonchev–Trinajstić information content (AvgIpc) is 3.33. The molecule has 0 aliphatic heterocycles. The summed E-state index contributed by atoms with van der Waals surface area (Å²) in [6.45, 7) is 6.30. The van der Waals surface area contributed by atoms with E-state index in [9.17, 15) is 0 Å². The minimum Gasteiger partial charge on any atom is -0.382 e. The molecule has 27 heavy (non-hydrogen) atoms. The molecule has 1 aliphatic carbocycles. The number of aryl methyl sites for hydroxylation is 1. The number of hydrogen-bond donors (Lipinski definition) is 2. The van der Waals surface area contributed by atoms with Gasteiger partial charge in [0.25, 0.3) is 0 Å². The third-order valence-electron chi connectivity index (χ3n) is 5.27. The van der Waals surface area contributed by atoms with Crippen molar-refractivity contribution in [1.82, 2.24) is 24.7 Å². The van der Waals surface area contributed by atoms with Gasteiger partial charge in [-0.25, -0.2) is 15.0 Å².